The van der Waals surface area contributed by atoms with Crippen LogP contribution in [0.25, 0.3) is 11.1 Å². The van der Waals surface area contributed by atoms with E-state index in [-0.39, 0.29) is 11.8 Å². The normalized spacial score (nSPS) is 21.4. The van der Waals surface area contributed by atoms with E-state index in [1.54, 1.807) is 0 Å². The molecule has 0 bridgehead atoms. The van der Waals surface area contributed by atoms with E-state index in [1.807, 2.05) is 6.92 Å². The molecule has 4 rings (SSSR count). The molecule has 2 fully saturated rings. The van der Waals surface area contributed by atoms with Gasteiger partial charge < -0.3 is 19.6 Å². The van der Waals surface area contributed by atoms with Gasteiger partial charge in [-0.25, -0.2) is 4.98 Å². The molecule has 8 heteroatoms. The molecule has 1 amide bonds. The Bertz CT molecular complexity index is 770. The number of rotatable bonds is 5. The van der Waals surface area contributed by atoms with Crippen molar-refractivity contribution < 1.29 is 9.32 Å². The van der Waals surface area contributed by atoms with E-state index in [0.717, 1.165) is 62.5 Å². The smallest absolute Gasteiger partial charge is 0.263 e. The maximum Gasteiger partial charge on any atom is 0.263 e. The van der Waals surface area contributed by atoms with Gasteiger partial charge in [0.25, 0.3) is 5.71 Å². The monoisotopic (exact) mass is 358 g/mol. The molecule has 2 aromatic heterocycles. The van der Waals surface area contributed by atoms with Crippen molar-refractivity contribution in [2.75, 3.05) is 44.2 Å². The molecule has 26 heavy (non-hydrogen) atoms. The highest BCUT2D eigenvalue weighted by Gasteiger charge is 2.28. The maximum absolute atomic E-state index is 12.6. The molecular formula is C18H26N6O2. The topological polar surface area (TPSA) is 87.4 Å². The summed E-state index contributed by atoms with van der Waals surface area (Å²) < 4.78 is 5.24. The number of amides is 1. The number of hydrogen-bond acceptors (Lipinski definition) is 7. The first-order valence-electron chi connectivity index (χ1n) is 9.54. The number of likely N-dealkylation sites (tertiary alicyclic amines) is 1. The Hall–Kier alpha value is -2.22. The lowest BCUT2D eigenvalue weighted by molar-refractivity contribution is -0.125. The summed E-state index contributed by atoms with van der Waals surface area (Å²) in [5.41, 5.74) is 1.29. The minimum Gasteiger partial charge on any atom is -0.355 e. The highest BCUT2D eigenvalue weighted by Crippen LogP contribution is 2.29. The molecule has 0 saturated carbocycles. The van der Waals surface area contributed by atoms with Crippen LogP contribution in [0.4, 0.5) is 5.82 Å². The molecule has 1 atom stereocenters. The highest BCUT2D eigenvalue weighted by molar-refractivity contribution is 5.88. The van der Waals surface area contributed by atoms with Gasteiger partial charge in [-0.05, 0) is 45.7 Å². The van der Waals surface area contributed by atoms with E-state index < -0.39 is 0 Å². The van der Waals surface area contributed by atoms with Crippen LogP contribution in [0.5, 0.6) is 0 Å². The van der Waals surface area contributed by atoms with Crippen molar-refractivity contribution in [2.45, 2.75) is 32.6 Å². The fraction of sp³-hybridized carbons (Fsp3) is 0.667. The molecule has 1 N–H and O–H groups in total. The first-order chi connectivity index (χ1) is 12.7. The number of carbonyl (C=O) groups excluding carboxylic acids is 1. The summed E-state index contributed by atoms with van der Waals surface area (Å²) in [5, 5.41) is 7.97. The number of aromatic nitrogens is 3. The predicted molar refractivity (Wildman–Crippen MR) is 98.0 cm³/mol. The Morgan fingerprint density at radius 3 is 2.96 bits per heavy atom. The minimum atomic E-state index is -0.00694. The van der Waals surface area contributed by atoms with Gasteiger partial charge in [0, 0.05) is 26.2 Å². The third kappa shape index (κ3) is 3.51. The largest absolute Gasteiger partial charge is 0.355 e. The number of nitrogens with one attached hydrogen (secondary N) is 1. The number of piperidine rings is 1. The third-order valence-electron chi connectivity index (χ3n) is 5.44. The molecule has 8 nitrogen and oxygen atoms in total. The summed E-state index contributed by atoms with van der Waals surface area (Å²) >= 11 is 0. The summed E-state index contributed by atoms with van der Waals surface area (Å²) in [4.78, 5) is 25.8. The Morgan fingerprint density at radius 2 is 2.12 bits per heavy atom. The van der Waals surface area contributed by atoms with Crippen molar-refractivity contribution >= 4 is 22.8 Å². The van der Waals surface area contributed by atoms with Crippen molar-refractivity contribution in [3.63, 3.8) is 0 Å². The first-order valence-corrected chi connectivity index (χ1v) is 9.54. The summed E-state index contributed by atoms with van der Waals surface area (Å²) in [6.45, 7) is 7.46. The van der Waals surface area contributed by atoms with Crippen LogP contribution in [0.1, 0.15) is 31.4 Å². The SMILES string of the molecule is Cc1noc2ncnc(N3CCCC(C(=O)NCCN4CCCC4)C3)c12. The number of carbonyl (C=O) groups is 1. The molecule has 0 aromatic carbocycles. The van der Waals surface area contributed by atoms with Crippen molar-refractivity contribution in [2.24, 2.45) is 5.92 Å². The molecular weight excluding hydrogens is 332 g/mol. The summed E-state index contributed by atoms with van der Waals surface area (Å²) in [5.74, 6) is 0.970. The molecule has 4 heterocycles. The molecule has 2 aliphatic heterocycles. The minimum absolute atomic E-state index is 0.00694. The quantitative estimate of drug-likeness (QED) is 0.863. The van der Waals surface area contributed by atoms with Gasteiger partial charge in [-0.15, -0.1) is 0 Å². The van der Waals surface area contributed by atoms with Gasteiger partial charge in [0.15, 0.2) is 0 Å². The summed E-state index contributed by atoms with van der Waals surface area (Å²) in [7, 11) is 0. The Labute approximate surface area is 152 Å². The van der Waals surface area contributed by atoms with Crippen LogP contribution >= 0.6 is 0 Å². The van der Waals surface area contributed by atoms with Gasteiger partial charge in [0.05, 0.1) is 11.6 Å². The second-order valence-electron chi connectivity index (χ2n) is 7.27. The van der Waals surface area contributed by atoms with Crippen LogP contribution in [0, 0.1) is 12.8 Å². The van der Waals surface area contributed by atoms with Gasteiger partial charge >= 0.3 is 0 Å². The summed E-state index contributed by atoms with van der Waals surface area (Å²) in [6, 6.07) is 0. The molecule has 2 aliphatic rings. The lowest BCUT2D eigenvalue weighted by Crippen LogP contribution is -2.45. The Kier molecular flexibility index (Phi) is 5.01. The number of hydrogen-bond donors (Lipinski definition) is 1. The summed E-state index contributed by atoms with van der Waals surface area (Å²) in [6.07, 6.45) is 5.95. The van der Waals surface area contributed by atoms with Crippen LogP contribution in [-0.4, -0.2) is 65.2 Å². The highest BCUT2D eigenvalue weighted by atomic mass is 16.5. The van der Waals surface area contributed by atoms with Crippen molar-refractivity contribution in [1.29, 1.82) is 0 Å². The number of aryl methyl sites for hydroxylation is 1. The Morgan fingerprint density at radius 1 is 1.27 bits per heavy atom. The number of nitrogens with zero attached hydrogens (tertiary/aromatic N) is 5. The van der Waals surface area contributed by atoms with Crippen LogP contribution in [0.3, 0.4) is 0 Å². The van der Waals surface area contributed by atoms with Gasteiger partial charge in [0.1, 0.15) is 17.5 Å². The van der Waals surface area contributed by atoms with Crippen molar-refractivity contribution in [1.82, 2.24) is 25.3 Å². The lowest BCUT2D eigenvalue weighted by Gasteiger charge is -2.33. The molecule has 0 radical (unpaired) electrons. The van der Waals surface area contributed by atoms with Gasteiger partial charge in [-0.3, -0.25) is 4.79 Å². The second kappa shape index (κ2) is 7.57. The van der Waals surface area contributed by atoms with E-state index in [9.17, 15) is 4.79 Å². The van der Waals surface area contributed by atoms with E-state index in [1.165, 1.54) is 19.2 Å². The van der Waals surface area contributed by atoms with Gasteiger partial charge in [-0.1, -0.05) is 5.16 Å². The van der Waals surface area contributed by atoms with Crippen molar-refractivity contribution in [3.05, 3.63) is 12.0 Å². The molecule has 2 saturated heterocycles. The van der Waals surface area contributed by atoms with Gasteiger partial charge in [-0.2, -0.15) is 4.98 Å². The van der Waals surface area contributed by atoms with Crippen LogP contribution in [-0.2, 0) is 4.79 Å². The fourth-order valence-electron chi connectivity index (χ4n) is 4.01. The predicted octanol–water partition coefficient (Wildman–Crippen LogP) is 1.35. The molecule has 2 aromatic rings. The first kappa shape index (κ1) is 17.2. The van der Waals surface area contributed by atoms with E-state index in [2.05, 4.69) is 30.2 Å². The molecule has 0 spiro atoms. The second-order valence-corrected chi connectivity index (χ2v) is 7.27. The zero-order valence-corrected chi connectivity index (χ0v) is 15.3. The van der Waals surface area contributed by atoms with Crippen molar-refractivity contribution in [3.8, 4) is 0 Å². The van der Waals surface area contributed by atoms with E-state index in [0.29, 0.717) is 12.3 Å². The average Bonchev–Trinajstić information content (AvgIpc) is 3.32. The van der Waals surface area contributed by atoms with Crippen LogP contribution < -0.4 is 10.2 Å². The average molecular weight is 358 g/mol. The Balaban J connectivity index is 1.38. The zero-order chi connectivity index (χ0) is 17.9. The molecule has 0 aliphatic carbocycles. The standard InChI is InChI=1S/C18H26N6O2/c1-13-15-16(20-12-21-18(15)26-22-13)24-9-4-5-14(11-24)17(25)19-6-10-23-7-2-3-8-23/h12,14H,2-11H2,1H3,(H,19,25). The molecule has 140 valence electrons. The zero-order valence-electron chi connectivity index (χ0n) is 15.3. The fourth-order valence-corrected chi connectivity index (χ4v) is 4.01. The third-order valence-corrected chi connectivity index (χ3v) is 5.44. The number of fused-ring (bicyclic) bond motifs is 1. The van der Waals surface area contributed by atoms with E-state index in [4.69, 9.17) is 4.52 Å². The van der Waals surface area contributed by atoms with E-state index >= 15 is 0 Å². The van der Waals surface area contributed by atoms with Crippen LogP contribution in [0.2, 0.25) is 0 Å². The molecule has 1 unspecified atom stereocenters. The van der Waals surface area contributed by atoms with Gasteiger partial charge in [0.2, 0.25) is 5.91 Å². The maximum atomic E-state index is 12.6. The lowest BCUT2D eigenvalue weighted by atomic mass is 9.97. The van der Waals surface area contributed by atoms with Crippen LogP contribution in [0.15, 0.2) is 10.9 Å². The number of anilines is 1.